The topological polar surface area (TPSA) is 78.4 Å². The summed E-state index contributed by atoms with van der Waals surface area (Å²) >= 11 is 0. The minimum atomic E-state index is -0.837. The summed E-state index contributed by atoms with van der Waals surface area (Å²) in [5, 5.41) is 14.6. The average molecular weight is 282 g/mol. The minimum absolute atomic E-state index is 0.174. The Morgan fingerprint density at radius 3 is 2.65 bits per heavy atom. The van der Waals surface area contributed by atoms with E-state index in [9.17, 15) is 9.59 Å². The Labute approximate surface area is 120 Å². The second-order valence-corrected chi connectivity index (χ2v) is 5.44. The molecule has 1 aliphatic carbocycles. The molecule has 0 heterocycles. The van der Waals surface area contributed by atoms with Crippen LogP contribution in [0, 0.1) is 11.8 Å². The molecule has 1 rings (SSSR count). The first-order chi connectivity index (χ1) is 9.56. The van der Waals surface area contributed by atoms with Gasteiger partial charge >= 0.3 is 12.0 Å². The molecule has 114 valence electrons. The molecule has 1 aliphatic rings. The van der Waals surface area contributed by atoms with Gasteiger partial charge in [-0.3, -0.25) is 4.79 Å². The van der Waals surface area contributed by atoms with Gasteiger partial charge in [-0.15, -0.1) is 0 Å². The summed E-state index contributed by atoms with van der Waals surface area (Å²) in [6, 6.07) is -0.382. The molecule has 2 amide bonds. The van der Waals surface area contributed by atoms with E-state index in [2.05, 4.69) is 24.5 Å². The van der Waals surface area contributed by atoms with Crippen LogP contribution in [0.5, 0.6) is 0 Å². The largest absolute Gasteiger partial charge is 0.481 e. The third-order valence-electron chi connectivity index (χ3n) is 3.81. The normalized spacial score (nSPS) is 22.5. The number of amides is 2. The lowest BCUT2D eigenvalue weighted by Gasteiger charge is -2.17. The standard InChI is InChI=1S/C15H26N2O3/c1-3-5-6-11(4-2)10-16-15(20)17-13-8-7-12(9-13)14(18)19/h7-8,11-13H,3-6,9-10H2,1-2H3,(H,18,19)(H2,16,17,20). The molecule has 3 unspecified atom stereocenters. The van der Waals surface area contributed by atoms with Crippen molar-refractivity contribution in [1.29, 1.82) is 0 Å². The number of unbranched alkanes of at least 4 members (excludes halogenated alkanes) is 1. The van der Waals surface area contributed by atoms with Crippen molar-refractivity contribution in [3.05, 3.63) is 12.2 Å². The van der Waals surface area contributed by atoms with Crippen molar-refractivity contribution < 1.29 is 14.7 Å². The van der Waals surface area contributed by atoms with E-state index >= 15 is 0 Å². The lowest BCUT2D eigenvalue weighted by Crippen LogP contribution is -2.42. The summed E-state index contributed by atoms with van der Waals surface area (Å²) in [6.07, 6.45) is 8.40. The molecule has 3 N–H and O–H groups in total. The maximum absolute atomic E-state index is 11.8. The van der Waals surface area contributed by atoms with E-state index in [0.29, 0.717) is 18.9 Å². The molecular weight excluding hydrogens is 256 g/mol. The van der Waals surface area contributed by atoms with Gasteiger partial charge in [0.25, 0.3) is 0 Å². The fraction of sp³-hybridized carbons (Fsp3) is 0.733. The van der Waals surface area contributed by atoms with E-state index in [1.54, 1.807) is 12.2 Å². The highest BCUT2D eigenvalue weighted by molar-refractivity contribution is 5.76. The third-order valence-corrected chi connectivity index (χ3v) is 3.81. The van der Waals surface area contributed by atoms with Crippen LogP contribution in [0.2, 0.25) is 0 Å². The first-order valence-electron chi connectivity index (χ1n) is 7.52. The van der Waals surface area contributed by atoms with Crippen molar-refractivity contribution >= 4 is 12.0 Å². The van der Waals surface area contributed by atoms with Gasteiger partial charge in [0.1, 0.15) is 0 Å². The third kappa shape index (κ3) is 5.63. The Kier molecular flexibility index (Phi) is 7.12. The molecule has 20 heavy (non-hydrogen) atoms. The Hall–Kier alpha value is -1.52. The van der Waals surface area contributed by atoms with Crippen LogP contribution in [0.15, 0.2) is 12.2 Å². The molecule has 0 aromatic carbocycles. The average Bonchev–Trinajstić information content (AvgIpc) is 2.87. The van der Waals surface area contributed by atoms with Crippen molar-refractivity contribution in [2.75, 3.05) is 6.54 Å². The maximum atomic E-state index is 11.8. The Bertz CT molecular complexity index is 355. The van der Waals surface area contributed by atoms with Crippen LogP contribution in [-0.4, -0.2) is 29.7 Å². The van der Waals surface area contributed by atoms with Crippen LogP contribution >= 0.6 is 0 Å². The number of urea groups is 1. The number of carboxylic acid groups (broad SMARTS) is 1. The van der Waals surface area contributed by atoms with Crippen LogP contribution < -0.4 is 10.6 Å². The SMILES string of the molecule is CCCCC(CC)CNC(=O)NC1C=CC(C(=O)O)C1. The van der Waals surface area contributed by atoms with Gasteiger partial charge in [-0.25, -0.2) is 4.79 Å². The van der Waals surface area contributed by atoms with E-state index < -0.39 is 11.9 Å². The monoisotopic (exact) mass is 282 g/mol. The van der Waals surface area contributed by atoms with Gasteiger partial charge in [-0.05, 0) is 18.8 Å². The molecule has 0 aromatic rings. The molecule has 5 heteroatoms. The molecular formula is C15H26N2O3. The molecule has 0 bridgehead atoms. The number of carboxylic acids is 1. The molecule has 0 saturated carbocycles. The van der Waals surface area contributed by atoms with Gasteiger partial charge in [-0.1, -0.05) is 45.3 Å². The number of hydrogen-bond acceptors (Lipinski definition) is 2. The van der Waals surface area contributed by atoms with Gasteiger partial charge in [-0.2, -0.15) is 0 Å². The summed E-state index contributed by atoms with van der Waals surface area (Å²) in [5.74, 6) is -0.795. The zero-order chi connectivity index (χ0) is 15.0. The van der Waals surface area contributed by atoms with Crippen LogP contribution in [-0.2, 0) is 4.79 Å². The van der Waals surface area contributed by atoms with Gasteiger partial charge in [0, 0.05) is 6.54 Å². The van der Waals surface area contributed by atoms with Gasteiger partial charge < -0.3 is 15.7 Å². The Balaban J connectivity index is 2.24. The second kappa shape index (κ2) is 8.61. The van der Waals surface area contributed by atoms with Crippen molar-refractivity contribution in [3.63, 3.8) is 0 Å². The first-order valence-corrected chi connectivity index (χ1v) is 7.52. The zero-order valence-corrected chi connectivity index (χ0v) is 12.4. The molecule has 0 radical (unpaired) electrons. The van der Waals surface area contributed by atoms with Crippen molar-refractivity contribution in [2.45, 2.75) is 52.0 Å². The van der Waals surface area contributed by atoms with Crippen molar-refractivity contribution in [2.24, 2.45) is 11.8 Å². The number of carbonyl (C=O) groups excluding carboxylic acids is 1. The van der Waals surface area contributed by atoms with E-state index in [4.69, 9.17) is 5.11 Å². The van der Waals surface area contributed by atoms with Crippen LogP contribution in [0.4, 0.5) is 4.79 Å². The molecule has 0 spiro atoms. The fourth-order valence-electron chi connectivity index (χ4n) is 2.39. The molecule has 0 aromatic heterocycles. The summed E-state index contributed by atoms with van der Waals surface area (Å²) < 4.78 is 0. The fourth-order valence-corrected chi connectivity index (χ4v) is 2.39. The summed E-state index contributed by atoms with van der Waals surface area (Å²) in [5.41, 5.74) is 0. The zero-order valence-electron chi connectivity index (χ0n) is 12.4. The summed E-state index contributed by atoms with van der Waals surface area (Å²) in [4.78, 5) is 22.6. The highest BCUT2D eigenvalue weighted by Gasteiger charge is 2.25. The molecule has 0 saturated heterocycles. The smallest absolute Gasteiger partial charge is 0.315 e. The van der Waals surface area contributed by atoms with E-state index in [-0.39, 0.29) is 12.1 Å². The second-order valence-electron chi connectivity index (χ2n) is 5.44. The first kappa shape index (κ1) is 16.5. The van der Waals surface area contributed by atoms with Gasteiger partial charge in [0.05, 0.1) is 12.0 Å². The number of aliphatic carboxylic acids is 1. The van der Waals surface area contributed by atoms with Crippen molar-refractivity contribution in [1.82, 2.24) is 10.6 Å². The lowest BCUT2D eigenvalue weighted by atomic mass is 9.99. The molecule has 0 fully saturated rings. The van der Waals surface area contributed by atoms with Gasteiger partial charge in [0.2, 0.25) is 0 Å². The number of nitrogens with one attached hydrogen (secondary N) is 2. The predicted molar refractivity (Wildman–Crippen MR) is 78.5 cm³/mol. The Morgan fingerprint density at radius 1 is 1.35 bits per heavy atom. The molecule has 0 aliphatic heterocycles. The maximum Gasteiger partial charge on any atom is 0.315 e. The lowest BCUT2D eigenvalue weighted by molar-refractivity contribution is -0.140. The van der Waals surface area contributed by atoms with Crippen LogP contribution in [0.25, 0.3) is 0 Å². The minimum Gasteiger partial charge on any atom is -0.481 e. The predicted octanol–water partition coefficient (Wildman–Crippen LogP) is 2.53. The van der Waals surface area contributed by atoms with E-state index in [1.165, 1.54) is 12.8 Å². The van der Waals surface area contributed by atoms with Crippen LogP contribution in [0.3, 0.4) is 0 Å². The van der Waals surface area contributed by atoms with Crippen molar-refractivity contribution in [3.8, 4) is 0 Å². The quantitative estimate of drug-likeness (QED) is 0.599. The van der Waals surface area contributed by atoms with E-state index in [0.717, 1.165) is 12.8 Å². The number of carbonyl (C=O) groups is 2. The number of rotatable bonds is 8. The van der Waals surface area contributed by atoms with Crippen LogP contribution in [0.1, 0.15) is 46.0 Å². The highest BCUT2D eigenvalue weighted by Crippen LogP contribution is 2.17. The number of hydrogen-bond donors (Lipinski definition) is 3. The molecule has 3 atom stereocenters. The van der Waals surface area contributed by atoms with Gasteiger partial charge in [0.15, 0.2) is 0 Å². The highest BCUT2D eigenvalue weighted by atomic mass is 16.4. The molecule has 5 nitrogen and oxygen atoms in total. The van der Waals surface area contributed by atoms with E-state index in [1.807, 2.05) is 0 Å². The summed E-state index contributed by atoms with van der Waals surface area (Å²) in [7, 11) is 0. The Morgan fingerprint density at radius 2 is 2.10 bits per heavy atom. The summed E-state index contributed by atoms with van der Waals surface area (Å²) in [6.45, 7) is 4.98.